The molecule has 122 valence electrons. The smallest absolute Gasteiger partial charge is 0.278 e. The number of H-pyrrole nitrogens is 1. The first-order valence-corrected chi connectivity index (χ1v) is 7.21. The molecule has 8 heteroatoms. The highest BCUT2D eigenvalue weighted by atomic mass is 19.4. The van der Waals surface area contributed by atoms with Crippen LogP contribution in [0.2, 0.25) is 0 Å². The van der Waals surface area contributed by atoms with Gasteiger partial charge in [0.05, 0.1) is 17.4 Å². The number of halogens is 3. The lowest BCUT2D eigenvalue weighted by molar-refractivity contribution is -0.145. The number of rotatable bonds is 1. The van der Waals surface area contributed by atoms with E-state index >= 15 is 0 Å². The van der Waals surface area contributed by atoms with Crippen LogP contribution in [-0.4, -0.2) is 24.7 Å². The molecule has 0 aliphatic heterocycles. The number of nitrogens with one attached hydrogen (secondary N) is 1. The highest BCUT2D eigenvalue weighted by Gasteiger charge is 2.38. The van der Waals surface area contributed by atoms with Crippen molar-refractivity contribution in [1.29, 1.82) is 0 Å². The zero-order chi connectivity index (χ0) is 17.1. The van der Waals surface area contributed by atoms with Gasteiger partial charge < -0.3 is 0 Å². The molecule has 0 spiro atoms. The Morgan fingerprint density at radius 2 is 1.88 bits per heavy atom. The van der Waals surface area contributed by atoms with Gasteiger partial charge in [-0.05, 0) is 43.2 Å². The third kappa shape index (κ3) is 2.14. The van der Waals surface area contributed by atoms with Gasteiger partial charge in [-0.1, -0.05) is 0 Å². The Bertz CT molecular complexity index is 1070. The predicted molar refractivity (Wildman–Crippen MR) is 83.0 cm³/mol. The Hall–Kier alpha value is -2.90. The summed E-state index contributed by atoms with van der Waals surface area (Å²) in [5.74, 6) is -0.988. The van der Waals surface area contributed by atoms with Crippen molar-refractivity contribution in [3.8, 4) is 5.69 Å². The summed E-state index contributed by atoms with van der Waals surface area (Å²) >= 11 is 0. The average Bonchev–Trinajstić information content (AvgIpc) is 3.09. The SMILES string of the molecule is Cc1cnc2c(c1)nc(C(F)(F)F)n2-c1cc(C)c2[nH]ncc2c1. The lowest BCUT2D eigenvalue weighted by atomic mass is 10.1. The molecule has 0 fully saturated rings. The molecule has 1 aromatic carbocycles. The van der Waals surface area contributed by atoms with Crippen LogP contribution in [0.3, 0.4) is 0 Å². The van der Waals surface area contributed by atoms with E-state index in [4.69, 9.17) is 0 Å². The lowest BCUT2D eigenvalue weighted by Gasteiger charge is -2.12. The number of aromatic amines is 1. The van der Waals surface area contributed by atoms with Crippen LogP contribution in [0, 0.1) is 13.8 Å². The number of hydrogen-bond acceptors (Lipinski definition) is 3. The molecule has 0 unspecified atom stereocenters. The van der Waals surface area contributed by atoms with E-state index in [1.165, 1.54) is 6.20 Å². The maximum absolute atomic E-state index is 13.5. The van der Waals surface area contributed by atoms with Gasteiger partial charge in [0.1, 0.15) is 5.52 Å². The molecule has 0 saturated heterocycles. The molecule has 0 amide bonds. The van der Waals surface area contributed by atoms with Crippen LogP contribution in [0.4, 0.5) is 13.2 Å². The summed E-state index contributed by atoms with van der Waals surface area (Å²) in [5.41, 5.74) is 3.08. The number of pyridine rings is 1. The molecular formula is C16H12F3N5. The second-order valence-corrected chi connectivity index (χ2v) is 5.72. The largest absolute Gasteiger partial charge is 0.450 e. The number of nitrogens with zero attached hydrogens (tertiary/aromatic N) is 4. The number of benzene rings is 1. The zero-order valence-corrected chi connectivity index (χ0v) is 12.8. The van der Waals surface area contributed by atoms with Gasteiger partial charge in [0.15, 0.2) is 5.65 Å². The van der Waals surface area contributed by atoms with Crippen LogP contribution >= 0.6 is 0 Å². The van der Waals surface area contributed by atoms with E-state index in [1.54, 1.807) is 31.3 Å². The van der Waals surface area contributed by atoms with Crippen molar-refractivity contribution in [2.75, 3.05) is 0 Å². The third-order valence-corrected chi connectivity index (χ3v) is 3.88. The van der Waals surface area contributed by atoms with E-state index in [2.05, 4.69) is 20.2 Å². The lowest BCUT2D eigenvalue weighted by Crippen LogP contribution is -2.14. The van der Waals surface area contributed by atoms with Crippen molar-refractivity contribution < 1.29 is 13.2 Å². The number of imidazole rings is 1. The van der Waals surface area contributed by atoms with Crippen molar-refractivity contribution in [2.24, 2.45) is 0 Å². The minimum Gasteiger partial charge on any atom is -0.278 e. The molecule has 3 aromatic heterocycles. The van der Waals surface area contributed by atoms with Gasteiger partial charge in [-0.2, -0.15) is 18.3 Å². The van der Waals surface area contributed by atoms with Crippen molar-refractivity contribution in [2.45, 2.75) is 20.0 Å². The summed E-state index contributed by atoms with van der Waals surface area (Å²) in [7, 11) is 0. The van der Waals surface area contributed by atoms with E-state index in [-0.39, 0.29) is 11.2 Å². The van der Waals surface area contributed by atoms with Crippen molar-refractivity contribution >= 4 is 22.1 Å². The van der Waals surface area contributed by atoms with E-state index < -0.39 is 12.0 Å². The van der Waals surface area contributed by atoms with Gasteiger partial charge in [0.2, 0.25) is 5.82 Å². The fraction of sp³-hybridized carbons (Fsp3) is 0.188. The van der Waals surface area contributed by atoms with Crippen LogP contribution < -0.4 is 0 Å². The Labute approximate surface area is 134 Å². The Balaban J connectivity index is 2.10. The maximum atomic E-state index is 13.5. The molecule has 4 aromatic rings. The molecule has 0 aliphatic carbocycles. The molecule has 0 saturated carbocycles. The normalized spacial score (nSPS) is 12.4. The van der Waals surface area contributed by atoms with Gasteiger partial charge >= 0.3 is 6.18 Å². The van der Waals surface area contributed by atoms with Crippen LogP contribution in [0.5, 0.6) is 0 Å². The van der Waals surface area contributed by atoms with E-state index in [1.807, 2.05) is 6.92 Å². The van der Waals surface area contributed by atoms with E-state index in [9.17, 15) is 13.2 Å². The first-order chi connectivity index (χ1) is 11.3. The van der Waals surface area contributed by atoms with Gasteiger partial charge in [0.25, 0.3) is 0 Å². The molecule has 1 N–H and O–H groups in total. The Kier molecular flexibility index (Phi) is 2.93. The number of aromatic nitrogens is 5. The molecule has 3 heterocycles. The third-order valence-electron chi connectivity index (χ3n) is 3.88. The molecular weight excluding hydrogens is 319 g/mol. The van der Waals surface area contributed by atoms with Gasteiger partial charge in [0, 0.05) is 11.6 Å². The van der Waals surface area contributed by atoms with E-state index in [0.29, 0.717) is 5.69 Å². The van der Waals surface area contributed by atoms with Crippen LogP contribution in [-0.2, 0) is 6.18 Å². The summed E-state index contributed by atoms with van der Waals surface area (Å²) in [6, 6.07) is 4.90. The van der Waals surface area contributed by atoms with Crippen molar-refractivity contribution in [3.63, 3.8) is 0 Å². The van der Waals surface area contributed by atoms with Gasteiger partial charge in [-0.15, -0.1) is 0 Å². The van der Waals surface area contributed by atoms with Crippen molar-refractivity contribution in [3.05, 3.63) is 47.5 Å². The highest BCUT2D eigenvalue weighted by Crippen LogP contribution is 2.34. The number of hydrogen-bond donors (Lipinski definition) is 1. The second-order valence-electron chi connectivity index (χ2n) is 5.72. The van der Waals surface area contributed by atoms with Crippen LogP contribution in [0.15, 0.2) is 30.6 Å². The van der Waals surface area contributed by atoms with Gasteiger partial charge in [-0.25, -0.2) is 9.97 Å². The molecule has 5 nitrogen and oxygen atoms in total. The monoisotopic (exact) mass is 331 g/mol. The first kappa shape index (κ1) is 14.7. The van der Waals surface area contributed by atoms with Crippen LogP contribution in [0.25, 0.3) is 27.8 Å². The fourth-order valence-corrected chi connectivity index (χ4v) is 2.85. The Morgan fingerprint density at radius 3 is 2.62 bits per heavy atom. The molecule has 0 radical (unpaired) electrons. The zero-order valence-electron chi connectivity index (χ0n) is 12.8. The minimum atomic E-state index is -4.59. The molecule has 4 rings (SSSR count). The summed E-state index contributed by atoms with van der Waals surface area (Å²) in [6.45, 7) is 3.58. The molecule has 0 atom stereocenters. The van der Waals surface area contributed by atoms with Crippen LogP contribution in [0.1, 0.15) is 17.0 Å². The Morgan fingerprint density at radius 1 is 1.08 bits per heavy atom. The summed E-state index contributed by atoms with van der Waals surface area (Å²) in [4.78, 5) is 7.94. The fourth-order valence-electron chi connectivity index (χ4n) is 2.85. The number of aryl methyl sites for hydroxylation is 2. The molecule has 24 heavy (non-hydrogen) atoms. The standard InChI is InChI=1S/C16H12F3N5/c1-8-3-12-14(20-6-8)24(15(22-12)16(17,18)19)11-4-9(2)13-10(5-11)7-21-23-13/h3-7H,1-2H3,(H,21,23). The number of alkyl halides is 3. The maximum Gasteiger partial charge on any atom is 0.450 e. The summed E-state index contributed by atoms with van der Waals surface area (Å²) in [6.07, 6.45) is -1.48. The highest BCUT2D eigenvalue weighted by molar-refractivity contribution is 5.85. The average molecular weight is 331 g/mol. The topological polar surface area (TPSA) is 59.4 Å². The summed E-state index contributed by atoms with van der Waals surface area (Å²) < 4.78 is 41.5. The summed E-state index contributed by atoms with van der Waals surface area (Å²) in [5, 5.41) is 7.51. The second kappa shape index (κ2) is 4.80. The van der Waals surface area contributed by atoms with E-state index in [0.717, 1.165) is 26.6 Å². The van der Waals surface area contributed by atoms with Gasteiger partial charge in [-0.3, -0.25) is 9.67 Å². The predicted octanol–water partition coefficient (Wildman–Crippen LogP) is 3.93. The molecule has 0 aliphatic rings. The number of fused-ring (bicyclic) bond motifs is 2. The van der Waals surface area contributed by atoms with Crippen molar-refractivity contribution in [1.82, 2.24) is 24.7 Å². The quantitative estimate of drug-likeness (QED) is 0.575. The minimum absolute atomic E-state index is 0.176. The first-order valence-electron chi connectivity index (χ1n) is 7.21. The molecule has 0 bridgehead atoms.